The van der Waals surface area contributed by atoms with Crippen molar-refractivity contribution in [2.45, 2.75) is 13.8 Å². The van der Waals surface area contributed by atoms with Gasteiger partial charge in [-0.25, -0.2) is 15.0 Å². The first-order valence-electron chi connectivity index (χ1n) is 6.17. The molecule has 0 unspecified atom stereocenters. The molecule has 0 bridgehead atoms. The molecule has 0 fully saturated rings. The zero-order valence-electron chi connectivity index (χ0n) is 10.8. The Hall–Kier alpha value is -2.50. The Kier molecular flexibility index (Phi) is 2.83. The van der Waals surface area contributed by atoms with Gasteiger partial charge in [-0.2, -0.15) is 9.78 Å². The molecule has 0 amide bonds. The Balaban J connectivity index is 2.23. The van der Waals surface area contributed by atoms with Crippen molar-refractivity contribution in [3.63, 3.8) is 0 Å². The molecule has 6 heteroatoms. The highest BCUT2D eigenvalue weighted by molar-refractivity contribution is 5.87. The van der Waals surface area contributed by atoms with Gasteiger partial charge in [0.15, 0.2) is 11.5 Å². The SMILES string of the molecule is CCNc1nc(C)nc2c1cnn2-c1ccccn1. The van der Waals surface area contributed by atoms with E-state index in [0.717, 1.165) is 29.2 Å². The van der Waals surface area contributed by atoms with Crippen LogP contribution in [0.2, 0.25) is 0 Å². The van der Waals surface area contributed by atoms with Crippen molar-refractivity contribution >= 4 is 16.9 Å². The minimum Gasteiger partial charge on any atom is -0.370 e. The number of nitrogens with zero attached hydrogens (tertiary/aromatic N) is 5. The third-order valence-electron chi connectivity index (χ3n) is 2.75. The minimum atomic E-state index is 0.709. The van der Waals surface area contributed by atoms with Crippen molar-refractivity contribution in [3.8, 4) is 5.82 Å². The number of fused-ring (bicyclic) bond motifs is 1. The fraction of sp³-hybridized carbons (Fsp3) is 0.231. The summed E-state index contributed by atoms with van der Waals surface area (Å²) in [6.07, 6.45) is 3.50. The molecule has 96 valence electrons. The number of hydrogen-bond donors (Lipinski definition) is 1. The van der Waals surface area contributed by atoms with Crippen LogP contribution in [-0.2, 0) is 0 Å². The van der Waals surface area contributed by atoms with Gasteiger partial charge >= 0.3 is 0 Å². The maximum atomic E-state index is 4.46. The molecule has 0 saturated heterocycles. The van der Waals surface area contributed by atoms with E-state index < -0.39 is 0 Å². The maximum Gasteiger partial charge on any atom is 0.170 e. The summed E-state index contributed by atoms with van der Waals surface area (Å²) in [6, 6.07) is 5.70. The van der Waals surface area contributed by atoms with Crippen molar-refractivity contribution < 1.29 is 0 Å². The summed E-state index contributed by atoms with van der Waals surface area (Å²) < 4.78 is 1.73. The van der Waals surface area contributed by atoms with Crippen molar-refractivity contribution in [1.29, 1.82) is 0 Å². The number of aryl methyl sites for hydroxylation is 1. The molecule has 0 radical (unpaired) electrons. The molecule has 3 rings (SSSR count). The molecule has 0 spiro atoms. The van der Waals surface area contributed by atoms with E-state index in [1.54, 1.807) is 17.1 Å². The molecular weight excluding hydrogens is 240 g/mol. The van der Waals surface area contributed by atoms with Crippen LogP contribution in [0, 0.1) is 6.92 Å². The van der Waals surface area contributed by atoms with Crippen LogP contribution in [0.1, 0.15) is 12.7 Å². The van der Waals surface area contributed by atoms with Crippen molar-refractivity contribution in [2.75, 3.05) is 11.9 Å². The molecule has 6 nitrogen and oxygen atoms in total. The quantitative estimate of drug-likeness (QED) is 0.773. The largest absolute Gasteiger partial charge is 0.370 e. The lowest BCUT2D eigenvalue weighted by Gasteiger charge is -2.06. The number of hydrogen-bond acceptors (Lipinski definition) is 5. The molecule has 0 atom stereocenters. The summed E-state index contributed by atoms with van der Waals surface area (Å²) in [5.41, 5.74) is 0.766. The first kappa shape index (κ1) is 11.6. The second-order valence-electron chi connectivity index (χ2n) is 4.13. The molecule has 0 aliphatic heterocycles. The van der Waals surface area contributed by atoms with E-state index in [1.807, 2.05) is 32.0 Å². The highest BCUT2D eigenvalue weighted by Crippen LogP contribution is 2.21. The molecule has 3 aromatic heterocycles. The lowest BCUT2D eigenvalue weighted by atomic mass is 10.3. The minimum absolute atomic E-state index is 0.709. The Morgan fingerprint density at radius 3 is 2.89 bits per heavy atom. The average Bonchev–Trinajstić information content (AvgIpc) is 2.84. The summed E-state index contributed by atoms with van der Waals surface area (Å²) in [7, 11) is 0. The molecule has 0 saturated carbocycles. The number of rotatable bonds is 3. The van der Waals surface area contributed by atoms with Crippen molar-refractivity contribution in [2.24, 2.45) is 0 Å². The van der Waals surface area contributed by atoms with E-state index >= 15 is 0 Å². The summed E-state index contributed by atoms with van der Waals surface area (Å²) in [5, 5.41) is 8.49. The van der Waals surface area contributed by atoms with Crippen LogP contribution in [0.4, 0.5) is 5.82 Å². The van der Waals surface area contributed by atoms with Gasteiger partial charge in [-0.05, 0) is 26.0 Å². The molecule has 3 heterocycles. The molecule has 0 aliphatic carbocycles. The monoisotopic (exact) mass is 254 g/mol. The van der Waals surface area contributed by atoms with Gasteiger partial charge in [0.2, 0.25) is 0 Å². The summed E-state index contributed by atoms with van der Waals surface area (Å²) in [4.78, 5) is 13.2. The summed E-state index contributed by atoms with van der Waals surface area (Å²) in [6.45, 7) is 4.71. The third kappa shape index (κ3) is 2.01. The molecular formula is C13H14N6. The Bertz CT molecular complexity index is 704. The average molecular weight is 254 g/mol. The molecule has 1 N–H and O–H groups in total. The van der Waals surface area contributed by atoms with Gasteiger partial charge in [-0.3, -0.25) is 0 Å². The van der Waals surface area contributed by atoms with Gasteiger partial charge in [-0.1, -0.05) is 6.07 Å². The molecule has 19 heavy (non-hydrogen) atoms. The normalized spacial score (nSPS) is 10.8. The van der Waals surface area contributed by atoms with Gasteiger partial charge < -0.3 is 5.32 Å². The maximum absolute atomic E-state index is 4.46. The van der Waals surface area contributed by atoms with Crippen LogP contribution in [0.5, 0.6) is 0 Å². The Labute approximate surface area is 110 Å². The fourth-order valence-electron chi connectivity index (χ4n) is 1.97. The van der Waals surface area contributed by atoms with E-state index in [1.165, 1.54) is 0 Å². The number of nitrogens with one attached hydrogen (secondary N) is 1. The van der Waals surface area contributed by atoms with Crippen LogP contribution in [-0.4, -0.2) is 31.3 Å². The summed E-state index contributed by atoms with van der Waals surface area (Å²) in [5.74, 6) is 2.27. The molecule has 0 aromatic carbocycles. The van der Waals surface area contributed by atoms with Crippen LogP contribution in [0.3, 0.4) is 0 Å². The van der Waals surface area contributed by atoms with E-state index in [0.29, 0.717) is 5.82 Å². The van der Waals surface area contributed by atoms with Crippen LogP contribution in [0.15, 0.2) is 30.6 Å². The van der Waals surface area contributed by atoms with E-state index in [9.17, 15) is 0 Å². The van der Waals surface area contributed by atoms with Crippen molar-refractivity contribution in [3.05, 3.63) is 36.4 Å². The Morgan fingerprint density at radius 2 is 2.16 bits per heavy atom. The van der Waals surface area contributed by atoms with Gasteiger partial charge in [0.25, 0.3) is 0 Å². The van der Waals surface area contributed by atoms with E-state index in [4.69, 9.17) is 0 Å². The highest BCUT2D eigenvalue weighted by Gasteiger charge is 2.12. The van der Waals surface area contributed by atoms with E-state index in [-0.39, 0.29) is 0 Å². The fourth-order valence-corrected chi connectivity index (χ4v) is 1.97. The summed E-state index contributed by atoms with van der Waals surface area (Å²) >= 11 is 0. The lowest BCUT2D eigenvalue weighted by molar-refractivity contribution is 0.857. The number of pyridine rings is 1. The first-order valence-corrected chi connectivity index (χ1v) is 6.17. The van der Waals surface area contributed by atoms with Gasteiger partial charge in [-0.15, -0.1) is 0 Å². The van der Waals surface area contributed by atoms with Gasteiger partial charge in [0, 0.05) is 12.7 Å². The standard InChI is InChI=1S/C13H14N6/c1-3-14-12-10-8-16-19(11-6-4-5-7-15-11)13(10)18-9(2)17-12/h4-8H,3H2,1-2H3,(H,14,17,18). The van der Waals surface area contributed by atoms with Gasteiger partial charge in [0.1, 0.15) is 11.6 Å². The van der Waals surface area contributed by atoms with Crippen LogP contribution < -0.4 is 5.32 Å². The molecule has 0 aliphatic rings. The second kappa shape index (κ2) is 4.64. The molecule has 3 aromatic rings. The van der Waals surface area contributed by atoms with Crippen LogP contribution in [0.25, 0.3) is 16.9 Å². The zero-order valence-corrected chi connectivity index (χ0v) is 10.8. The predicted molar refractivity (Wildman–Crippen MR) is 73.4 cm³/mol. The van der Waals surface area contributed by atoms with E-state index in [2.05, 4.69) is 25.4 Å². The lowest BCUT2D eigenvalue weighted by Crippen LogP contribution is -2.04. The predicted octanol–water partition coefficient (Wildman–Crippen LogP) is 1.95. The third-order valence-corrected chi connectivity index (χ3v) is 2.75. The van der Waals surface area contributed by atoms with Crippen LogP contribution >= 0.6 is 0 Å². The van der Waals surface area contributed by atoms with Gasteiger partial charge in [0.05, 0.1) is 11.6 Å². The highest BCUT2D eigenvalue weighted by atomic mass is 15.3. The second-order valence-corrected chi connectivity index (χ2v) is 4.13. The topological polar surface area (TPSA) is 68.5 Å². The zero-order chi connectivity index (χ0) is 13.2. The number of anilines is 1. The first-order chi connectivity index (χ1) is 9.29. The Morgan fingerprint density at radius 1 is 1.26 bits per heavy atom. The number of aromatic nitrogens is 5. The smallest absolute Gasteiger partial charge is 0.170 e. The van der Waals surface area contributed by atoms with Crippen molar-refractivity contribution in [1.82, 2.24) is 24.7 Å².